The topological polar surface area (TPSA) is 66.5 Å². The first kappa shape index (κ1) is 17.0. The number of aryl methyl sites for hydroxylation is 1. The summed E-state index contributed by atoms with van der Waals surface area (Å²) in [5, 5.41) is 5.69. The van der Waals surface area contributed by atoms with Gasteiger partial charge in [-0.25, -0.2) is 5.43 Å². The number of hydrogen-bond donors (Lipinski definition) is 2. The largest absolute Gasteiger partial charge is 0.481 e. The highest BCUT2D eigenvalue weighted by atomic mass is 35.5. The predicted molar refractivity (Wildman–Crippen MR) is 100 cm³/mol. The fourth-order valence-electron chi connectivity index (χ4n) is 2.45. The van der Waals surface area contributed by atoms with E-state index < -0.39 is 6.10 Å². The van der Waals surface area contributed by atoms with Gasteiger partial charge in [-0.05, 0) is 43.7 Å². The minimum absolute atomic E-state index is 0.328. The van der Waals surface area contributed by atoms with Gasteiger partial charge in [0.1, 0.15) is 5.75 Å². The van der Waals surface area contributed by atoms with Crippen LogP contribution in [-0.4, -0.2) is 23.2 Å². The zero-order chi connectivity index (χ0) is 17.8. The molecule has 0 aliphatic carbocycles. The molecule has 0 aliphatic rings. The standard InChI is InChI=1S/C19H18ClN3O2/c1-12-9-15(20)7-8-18(12)25-13(2)19(24)23-22-11-14-10-21-17-6-4-3-5-16(14)17/h3-11,13,21H,1-2H3,(H,23,24)/b22-11+/t13-/m0/s1. The van der Waals surface area contributed by atoms with Crippen molar-refractivity contribution in [1.29, 1.82) is 0 Å². The van der Waals surface area contributed by atoms with Crippen molar-refractivity contribution in [2.45, 2.75) is 20.0 Å². The summed E-state index contributed by atoms with van der Waals surface area (Å²) in [7, 11) is 0. The molecule has 2 aromatic carbocycles. The Balaban J connectivity index is 1.61. The first-order valence-electron chi connectivity index (χ1n) is 7.86. The monoisotopic (exact) mass is 355 g/mol. The lowest BCUT2D eigenvalue weighted by molar-refractivity contribution is -0.127. The van der Waals surface area contributed by atoms with Crippen LogP contribution in [0.1, 0.15) is 18.1 Å². The smallest absolute Gasteiger partial charge is 0.280 e. The summed E-state index contributed by atoms with van der Waals surface area (Å²) in [6.45, 7) is 3.55. The molecule has 3 rings (SSSR count). The molecule has 0 aliphatic heterocycles. The summed E-state index contributed by atoms with van der Waals surface area (Å²) in [6.07, 6.45) is 2.77. The summed E-state index contributed by atoms with van der Waals surface area (Å²) >= 11 is 5.92. The third-order valence-corrected chi connectivity index (χ3v) is 4.04. The van der Waals surface area contributed by atoms with Gasteiger partial charge in [0.2, 0.25) is 0 Å². The molecule has 128 valence electrons. The van der Waals surface area contributed by atoms with Crippen LogP contribution in [0.25, 0.3) is 10.9 Å². The van der Waals surface area contributed by atoms with Gasteiger partial charge in [0.05, 0.1) is 6.21 Å². The number of hydrogen-bond acceptors (Lipinski definition) is 3. The molecule has 6 heteroatoms. The van der Waals surface area contributed by atoms with Gasteiger partial charge in [-0.3, -0.25) is 4.79 Å². The van der Waals surface area contributed by atoms with Gasteiger partial charge < -0.3 is 9.72 Å². The molecule has 0 radical (unpaired) electrons. The van der Waals surface area contributed by atoms with Gasteiger partial charge in [0, 0.05) is 27.7 Å². The maximum Gasteiger partial charge on any atom is 0.280 e. The summed E-state index contributed by atoms with van der Waals surface area (Å²) in [5.74, 6) is 0.290. The molecule has 1 atom stereocenters. The van der Waals surface area contributed by atoms with E-state index in [1.807, 2.05) is 37.4 Å². The Morgan fingerprint density at radius 3 is 2.92 bits per heavy atom. The first-order valence-corrected chi connectivity index (χ1v) is 8.24. The van der Waals surface area contributed by atoms with Gasteiger partial charge in [-0.15, -0.1) is 0 Å². The van der Waals surface area contributed by atoms with Crippen molar-refractivity contribution in [3.8, 4) is 5.75 Å². The zero-order valence-corrected chi connectivity index (χ0v) is 14.7. The lowest BCUT2D eigenvalue weighted by atomic mass is 10.2. The van der Waals surface area contributed by atoms with Gasteiger partial charge in [0.15, 0.2) is 6.10 Å². The SMILES string of the molecule is Cc1cc(Cl)ccc1O[C@@H](C)C(=O)N/N=C/c1c[nH]c2ccccc12. The van der Waals surface area contributed by atoms with Crippen molar-refractivity contribution in [2.24, 2.45) is 5.10 Å². The lowest BCUT2D eigenvalue weighted by Gasteiger charge is -2.14. The van der Waals surface area contributed by atoms with Crippen molar-refractivity contribution in [1.82, 2.24) is 10.4 Å². The number of fused-ring (bicyclic) bond motifs is 1. The molecule has 5 nitrogen and oxygen atoms in total. The van der Waals surface area contributed by atoms with E-state index in [9.17, 15) is 4.79 Å². The molecule has 1 aromatic heterocycles. The van der Waals surface area contributed by atoms with E-state index in [1.54, 1.807) is 31.3 Å². The van der Waals surface area contributed by atoms with Crippen LogP contribution in [0.3, 0.4) is 0 Å². The highest BCUT2D eigenvalue weighted by molar-refractivity contribution is 6.30. The fourth-order valence-corrected chi connectivity index (χ4v) is 2.67. The van der Waals surface area contributed by atoms with Crippen molar-refractivity contribution in [3.05, 3.63) is 64.8 Å². The van der Waals surface area contributed by atoms with E-state index in [4.69, 9.17) is 16.3 Å². The van der Waals surface area contributed by atoms with E-state index in [0.29, 0.717) is 10.8 Å². The Labute approximate surface area is 150 Å². The predicted octanol–water partition coefficient (Wildman–Crippen LogP) is 4.05. The number of ether oxygens (including phenoxy) is 1. The van der Waals surface area contributed by atoms with Crippen LogP contribution in [0.2, 0.25) is 5.02 Å². The number of carbonyl (C=O) groups is 1. The number of rotatable bonds is 5. The fraction of sp³-hybridized carbons (Fsp3) is 0.158. The molecule has 0 fully saturated rings. The van der Waals surface area contributed by atoms with Crippen LogP contribution in [0, 0.1) is 6.92 Å². The van der Waals surface area contributed by atoms with Crippen LogP contribution in [0.4, 0.5) is 0 Å². The van der Waals surface area contributed by atoms with E-state index >= 15 is 0 Å². The Bertz CT molecular complexity index is 933. The molecule has 1 amide bonds. The number of H-pyrrole nitrogens is 1. The van der Waals surface area contributed by atoms with Gasteiger partial charge >= 0.3 is 0 Å². The third kappa shape index (κ3) is 4.00. The Hall–Kier alpha value is -2.79. The Morgan fingerprint density at radius 2 is 2.12 bits per heavy atom. The number of aromatic amines is 1. The molecule has 0 unspecified atom stereocenters. The number of hydrazone groups is 1. The molecule has 0 spiro atoms. The van der Waals surface area contributed by atoms with Gasteiger partial charge in [-0.2, -0.15) is 5.10 Å². The lowest BCUT2D eigenvalue weighted by Crippen LogP contribution is -2.33. The summed E-state index contributed by atoms with van der Waals surface area (Å²) in [4.78, 5) is 15.3. The quantitative estimate of drug-likeness (QED) is 0.535. The van der Waals surface area contributed by atoms with Gasteiger partial charge in [0.25, 0.3) is 5.91 Å². The number of aromatic nitrogens is 1. The number of para-hydroxylation sites is 1. The first-order chi connectivity index (χ1) is 12.0. The van der Waals surface area contributed by atoms with E-state index in [0.717, 1.165) is 22.0 Å². The number of benzene rings is 2. The number of carbonyl (C=O) groups excluding carboxylic acids is 1. The number of halogens is 1. The van der Waals surface area contributed by atoms with Crippen molar-refractivity contribution in [2.75, 3.05) is 0 Å². The minimum atomic E-state index is -0.681. The average molecular weight is 356 g/mol. The zero-order valence-electron chi connectivity index (χ0n) is 13.9. The molecule has 1 heterocycles. The molecule has 0 saturated heterocycles. The molecule has 0 saturated carbocycles. The second-order valence-electron chi connectivity index (χ2n) is 5.69. The summed E-state index contributed by atoms with van der Waals surface area (Å²) in [6, 6.07) is 13.1. The van der Waals surface area contributed by atoms with Crippen molar-refractivity contribution in [3.63, 3.8) is 0 Å². The van der Waals surface area contributed by atoms with E-state index in [-0.39, 0.29) is 5.91 Å². The highest BCUT2D eigenvalue weighted by Gasteiger charge is 2.15. The highest BCUT2D eigenvalue weighted by Crippen LogP contribution is 2.22. The Morgan fingerprint density at radius 1 is 1.32 bits per heavy atom. The molecule has 25 heavy (non-hydrogen) atoms. The maximum absolute atomic E-state index is 12.1. The van der Waals surface area contributed by atoms with Crippen LogP contribution < -0.4 is 10.2 Å². The average Bonchev–Trinajstić information content (AvgIpc) is 3.00. The Kier molecular flexibility index (Phi) is 5.05. The van der Waals surface area contributed by atoms with Crippen LogP contribution in [0.5, 0.6) is 5.75 Å². The van der Waals surface area contributed by atoms with Crippen LogP contribution >= 0.6 is 11.6 Å². The molecule has 0 bridgehead atoms. The van der Waals surface area contributed by atoms with Gasteiger partial charge in [-0.1, -0.05) is 29.8 Å². The van der Waals surface area contributed by atoms with Crippen molar-refractivity contribution < 1.29 is 9.53 Å². The second kappa shape index (κ2) is 7.40. The van der Waals surface area contributed by atoms with Crippen LogP contribution in [-0.2, 0) is 4.79 Å². The second-order valence-corrected chi connectivity index (χ2v) is 6.13. The number of amides is 1. The summed E-state index contributed by atoms with van der Waals surface area (Å²) in [5.41, 5.74) is 5.29. The normalized spacial score (nSPS) is 12.4. The van der Waals surface area contributed by atoms with Crippen molar-refractivity contribution >= 4 is 34.6 Å². The summed E-state index contributed by atoms with van der Waals surface area (Å²) < 4.78 is 5.67. The third-order valence-electron chi connectivity index (χ3n) is 3.81. The molecular formula is C19H18ClN3O2. The molecule has 2 N–H and O–H groups in total. The minimum Gasteiger partial charge on any atom is -0.481 e. The molecule has 3 aromatic rings. The molecular weight excluding hydrogens is 338 g/mol. The number of nitrogens with zero attached hydrogens (tertiary/aromatic N) is 1. The van der Waals surface area contributed by atoms with Crippen LogP contribution in [0.15, 0.2) is 53.8 Å². The maximum atomic E-state index is 12.1. The van der Waals surface area contributed by atoms with E-state index in [1.165, 1.54) is 0 Å². The number of nitrogens with one attached hydrogen (secondary N) is 2. The van der Waals surface area contributed by atoms with E-state index in [2.05, 4.69) is 15.5 Å².